The van der Waals surface area contributed by atoms with Crippen molar-refractivity contribution in [3.63, 3.8) is 0 Å². The van der Waals surface area contributed by atoms with Crippen LogP contribution in [0.4, 0.5) is 5.95 Å². The Hall–Kier alpha value is -1.98. The molecule has 0 bridgehead atoms. The van der Waals surface area contributed by atoms with Gasteiger partial charge in [0.05, 0.1) is 6.10 Å². The van der Waals surface area contributed by atoms with Crippen LogP contribution in [-0.2, 0) is 0 Å². The first-order valence-electron chi connectivity index (χ1n) is 11.3. The van der Waals surface area contributed by atoms with E-state index in [1.807, 2.05) is 36.4 Å². The minimum absolute atomic E-state index is 0. The molecule has 1 saturated heterocycles. The highest BCUT2D eigenvalue weighted by atomic mass is 127. The van der Waals surface area contributed by atoms with E-state index in [2.05, 4.69) is 42.3 Å². The lowest BCUT2D eigenvalue weighted by Gasteiger charge is -2.34. The number of anilines is 1. The van der Waals surface area contributed by atoms with Gasteiger partial charge in [-0.25, -0.2) is 9.97 Å². The van der Waals surface area contributed by atoms with E-state index in [9.17, 15) is 5.11 Å². The van der Waals surface area contributed by atoms with Crippen LogP contribution in [0.15, 0.2) is 53.8 Å². The average Bonchev–Trinajstić information content (AvgIpc) is 2.83. The fourth-order valence-electron chi connectivity index (χ4n) is 3.62. The van der Waals surface area contributed by atoms with Gasteiger partial charge in [-0.2, -0.15) is 0 Å². The lowest BCUT2D eigenvalue weighted by atomic mass is 10.1. The van der Waals surface area contributed by atoms with Crippen molar-refractivity contribution in [2.75, 3.05) is 57.3 Å². The number of hydrogen-bond acceptors (Lipinski definition) is 6. The van der Waals surface area contributed by atoms with Crippen molar-refractivity contribution < 1.29 is 5.11 Å². The number of aliphatic hydroxyl groups excluding tert-OH is 1. The Kier molecular flexibility index (Phi) is 12.3. The van der Waals surface area contributed by atoms with Crippen LogP contribution in [0.25, 0.3) is 0 Å². The molecule has 1 atom stereocenters. The van der Waals surface area contributed by atoms with Gasteiger partial charge in [-0.15, -0.1) is 24.0 Å². The van der Waals surface area contributed by atoms with E-state index in [1.165, 1.54) is 0 Å². The van der Waals surface area contributed by atoms with Gasteiger partial charge in [-0.3, -0.25) is 9.89 Å². The summed E-state index contributed by atoms with van der Waals surface area (Å²) in [4.78, 5) is 18.1. The topological polar surface area (TPSA) is 88.9 Å². The third kappa shape index (κ3) is 8.87. The summed E-state index contributed by atoms with van der Waals surface area (Å²) < 4.78 is 0. The molecule has 0 aliphatic carbocycles. The maximum Gasteiger partial charge on any atom is 0.225 e. The molecule has 0 saturated carbocycles. The van der Waals surface area contributed by atoms with E-state index in [0.29, 0.717) is 13.0 Å². The predicted molar refractivity (Wildman–Crippen MR) is 141 cm³/mol. The van der Waals surface area contributed by atoms with E-state index in [0.717, 1.165) is 69.7 Å². The van der Waals surface area contributed by atoms with E-state index >= 15 is 0 Å². The first-order valence-corrected chi connectivity index (χ1v) is 11.3. The maximum atomic E-state index is 10.3. The number of aliphatic imine (C=N–C) groups is 1. The second-order valence-electron chi connectivity index (χ2n) is 7.63. The predicted octanol–water partition coefficient (Wildman–Crippen LogP) is 2.29. The van der Waals surface area contributed by atoms with E-state index < -0.39 is 6.10 Å². The quantitative estimate of drug-likeness (QED) is 0.180. The number of aromatic nitrogens is 2. The number of piperazine rings is 1. The third-order valence-corrected chi connectivity index (χ3v) is 5.35. The largest absolute Gasteiger partial charge is 0.388 e. The van der Waals surface area contributed by atoms with Crippen molar-refractivity contribution in [3.8, 4) is 0 Å². The van der Waals surface area contributed by atoms with Gasteiger partial charge in [0, 0.05) is 64.8 Å². The molecule has 32 heavy (non-hydrogen) atoms. The van der Waals surface area contributed by atoms with E-state index in [4.69, 9.17) is 0 Å². The molecule has 1 aromatic heterocycles. The highest BCUT2D eigenvalue weighted by molar-refractivity contribution is 14.0. The zero-order chi connectivity index (χ0) is 21.7. The molecular formula is C23H36IN7O. The molecule has 3 N–H and O–H groups in total. The molecule has 2 aromatic rings. The summed E-state index contributed by atoms with van der Waals surface area (Å²) in [6.45, 7) is 9.34. The van der Waals surface area contributed by atoms with Crippen LogP contribution >= 0.6 is 24.0 Å². The fraction of sp³-hybridized carbons (Fsp3) is 0.522. The summed E-state index contributed by atoms with van der Waals surface area (Å²) in [6.07, 6.45) is 4.79. The number of halogens is 1. The summed E-state index contributed by atoms with van der Waals surface area (Å²) >= 11 is 0. The Balaban J connectivity index is 0.00000363. The molecule has 1 aromatic carbocycles. The SMILES string of the molecule is CCNC(=NCCCN1CCN(c2ncccn2)CC1)NCCC(O)c1ccccc1.I. The second kappa shape index (κ2) is 15.0. The van der Waals surface area contributed by atoms with Gasteiger partial charge in [0.25, 0.3) is 0 Å². The number of nitrogens with one attached hydrogen (secondary N) is 2. The Labute approximate surface area is 208 Å². The van der Waals surface area contributed by atoms with Gasteiger partial charge < -0.3 is 20.6 Å². The summed E-state index contributed by atoms with van der Waals surface area (Å²) in [5.41, 5.74) is 0.949. The molecule has 1 unspecified atom stereocenters. The zero-order valence-electron chi connectivity index (χ0n) is 18.9. The van der Waals surface area contributed by atoms with Gasteiger partial charge in [0.2, 0.25) is 5.95 Å². The van der Waals surface area contributed by atoms with Gasteiger partial charge in [-0.05, 0) is 31.4 Å². The van der Waals surface area contributed by atoms with Crippen LogP contribution in [0.3, 0.4) is 0 Å². The van der Waals surface area contributed by atoms with Crippen LogP contribution in [0.2, 0.25) is 0 Å². The Morgan fingerprint density at radius 3 is 2.47 bits per heavy atom. The number of nitrogens with zero attached hydrogens (tertiary/aromatic N) is 5. The number of guanidine groups is 1. The molecule has 176 valence electrons. The van der Waals surface area contributed by atoms with Crippen molar-refractivity contribution in [3.05, 3.63) is 54.4 Å². The summed E-state index contributed by atoms with van der Waals surface area (Å²) in [5.74, 6) is 1.64. The lowest BCUT2D eigenvalue weighted by Crippen LogP contribution is -2.47. The number of aliphatic hydroxyl groups is 1. The van der Waals surface area contributed by atoms with Crippen molar-refractivity contribution in [2.45, 2.75) is 25.9 Å². The Bertz CT molecular complexity index is 770. The molecule has 8 nitrogen and oxygen atoms in total. The van der Waals surface area contributed by atoms with Crippen molar-refractivity contribution in [1.82, 2.24) is 25.5 Å². The third-order valence-electron chi connectivity index (χ3n) is 5.35. The van der Waals surface area contributed by atoms with Crippen molar-refractivity contribution in [1.29, 1.82) is 0 Å². The monoisotopic (exact) mass is 553 g/mol. The summed E-state index contributed by atoms with van der Waals surface area (Å²) in [6, 6.07) is 11.6. The molecule has 1 aliphatic rings. The van der Waals surface area contributed by atoms with Crippen LogP contribution in [0.1, 0.15) is 31.4 Å². The standard InChI is InChI=1S/C23H35N7O.HI/c1-2-24-22(26-14-10-21(31)20-8-4-3-5-9-20)25-13-7-15-29-16-18-30(19-17-29)23-27-11-6-12-28-23;/h3-6,8-9,11-12,21,31H,2,7,10,13-19H2,1H3,(H2,24,25,26);1H. The molecule has 1 aliphatic heterocycles. The molecule has 9 heteroatoms. The normalized spacial score (nSPS) is 15.7. The van der Waals surface area contributed by atoms with E-state index in [-0.39, 0.29) is 24.0 Å². The van der Waals surface area contributed by atoms with Crippen LogP contribution in [0, 0.1) is 0 Å². The lowest BCUT2D eigenvalue weighted by molar-refractivity contribution is 0.168. The summed E-state index contributed by atoms with van der Waals surface area (Å²) in [5, 5.41) is 16.9. The highest BCUT2D eigenvalue weighted by Gasteiger charge is 2.18. The smallest absolute Gasteiger partial charge is 0.225 e. The van der Waals surface area contributed by atoms with Gasteiger partial charge in [0.1, 0.15) is 0 Å². The molecular weight excluding hydrogens is 517 g/mol. The minimum atomic E-state index is -0.462. The fourth-order valence-corrected chi connectivity index (χ4v) is 3.62. The first-order chi connectivity index (χ1) is 15.3. The average molecular weight is 553 g/mol. The van der Waals surface area contributed by atoms with Gasteiger partial charge in [0.15, 0.2) is 5.96 Å². The van der Waals surface area contributed by atoms with Crippen LogP contribution in [0.5, 0.6) is 0 Å². The molecule has 1 fully saturated rings. The second-order valence-corrected chi connectivity index (χ2v) is 7.63. The van der Waals surface area contributed by atoms with E-state index in [1.54, 1.807) is 12.4 Å². The van der Waals surface area contributed by atoms with Gasteiger partial charge >= 0.3 is 0 Å². The number of hydrogen-bond donors (Lipinski definition) is 3. The van der Waals surface area contributed by atoms with Crippen molar-refractivity contribution in [2.24, 2.45) is 4.99 Å². The van der Waals surface area contributed by atoms with Crippen molar-refractivity contribution >= 4 is 35.9 Å². The maximum absolute atomic E-state index is 10.3. The molecule has 0 spiro atoms. The zero-order valence-corrected chi connectivity index (χ0v) is 21.2. The molecule has 0 radical (unpaired) electrons. The Morgan fingerprint density at radius 2 is 1.78 bits per heavy atom. The molecule has 0 amide bonds. The minimum Gasteiger partial charge on any atom is -0.388 e. The number of rotatable bonds is 10. The number of benzene rings is 1. The van der Waals surface area contributed by atoms with Crippen LogP contribution < -0.4 is 15.5 Å². The molecule has 3 rings (SSSR count). The van der Waals surface area contributed by atoms with Crippen LogP contribution in [-0.4, -0.2) is 78.3 Å². The highest BCUT2D eigenvalue weighted by Crippen LogP contribution is 2.14. The first kappa shape index (κ1) is 26.3. The molecule has 2 heterocycles. The Morgan fingerprint density at radius 1 is 1.06 bits per heavy atom. The summed E-state index contributed by atoms with van der Waals surface area (Å²) in [7, 11) is 0. The van der Waals surface area contributed by atoms with Gasteiger partial charge in [-0.1, -0.05) is 30.3 Å².